The molecule has 16 heavy (non-hydrogen) atoms. The molecule has 0 saturated carbocycles. The molecule has 3 nitrogen and oxygen atoms in total. The molecule has 0 saturated heterocycles. The lowest BCUT2D eigenvalue weighted by Gasteiger charge is -2.15. The van der Waals surface area contributed by atoms with Gasteiger partial charge in [0.15, 0.2) is 11.5 Å². The molecule has 0 radical (unpaired) electrons. The van der Waals surface area contributed by atoms with Gasteiger partial charge in [-0.2, -0.15) is 11.8 Å². The Labute approximate surface area is 101 Å². The summed E-state index contributed by atoms with van der Waals surface area (Å²) in [4.78, 5) is 0. The predicted octanol–water partition coefficient (Wildman–Crippen LogP) is 2.46. The van der Waals surface area contributed by atoms with Crippen molar-refractivity contribution >= 4 is 11.8 Å². The molecule has 90 valence electrons. The van der Waals surface area contributed by atoms with Crippen molar-refractivity contribution in [1.82, 2.24) is 0 Å². The first kappa shape index (κ1) is 13.2. The van der Waals surface area contributed by atoms with E-state index in [0.717, 1.165) is 11.5 Å². The second-order valence-electron chi connectivity index (χ2n) is 3.30. The summed E-state index contributed by atoms with van der Waals surface area (Å²) < 4.78 is 10.8. The summed E-state index contributed by atoms with van der Waals surface area (Å²) in [6.45, 7) is 3.21. The van der Waals surface area contributed by atoms with E-state index in [0.29, 0.717) is 18.4 Å². The molecule has 1 aromatic rings. The Morgan fingerprint density at radius 3 is 2.62 bits per heavy atom. The molecule has 0 aromatic heterocycles. The van der Waals surface area contributed by atoms with E-state index in [9.17, 15) is 0 Å². The monoisotopic (exact) mass is 241 g/mol. The lowest BCUT2D eigenvalue weighted by atomic mass is 10.1. The van der Waals surface area contributed by atoms with Crippen LogP contribution in [0.15, 0.2) is 18.2 Å². The zero-order valence-corrected chi connectivity index (χ0v) is 10.8. The van der Waals surface area contributed by atoms with Crippen LogP contribution in [0.5, 0.6) is 11.5 Å². The van der Waals surface area contributed by atoms with Crippen molar-refractivity contribution < 1.29 is 9.47 Å². The number of hydrogen-bond donors (Lipinski definition) is 1. The summed E-state index contributed by atoms with van der Waals surface area (Å²) in [5.41, 5.74) is 6.90. The molecule has 1 rings (SSSR count). The molecule has 2 N–H and O–H groups in total. The first-order valence-corrected chi connectivity index (χ1v) is 6.59. The van der Waals surface area contributed by atoms with Crippen molar-refractivity contribution in [3.8, 4) is 11.5 Å². The molecular formula is C12H19NO2S. The standard InChI is InChI=1S/C12H19NO2S/c1-4-15-11-7-9(12(8-13)16-3)5-6-10(11)14-2/h5-7,12H,4,8,13H2,1-3H3/t12-/m1/s1. The second-order valence-corrected chi connectivity index (χ2v) is 4.34. The SMILES string of the molecule is CCOc1cc([C@@H](CN)SC)ccc1OC. The van der Waals surface area contributed by atoms with Gasteiger partial charge in [0.1, 0.15) is 0 Å². The van der Waals surface area contributed by atoms with Crippen LogP contribution in [0.25, 0.3) is 0 Å². The first-order valence-electron chi connectivity index (χ1n) is 5.30. The van der Waals surface area contributed by atoms with Gasteiger partial charge in [0, 0.05) is 11.8 Å². The van der Waals surface area contributed by atoms with E-state index >= 15 is 0 Å². The quantitative estimate of drug-likeness (QED) is 0.831. The summed E-state index contributed by atoms with van der Waals surface area (Å²) in [6, 6.07) is 5.98. The Kier molecular flexibility index (Phi) is 5.49. The maximum atomic E-state index is 5.72. The van der Waals surface area contributed by atoms with Gasteiger partial charge in [0.25, 0.3) is 0 Å². The average Bonchev–Trinajstić information content (AvgIpc) is 2.31. The zero-order chi connectivity index (χ0) is 12.0. The number of benzene rings is 1. The molecule has 1 atom stereocenters. The number of hydrogen-bond acceptors (Lipinski definition) is 4. The van der Waals surface area contributed by atoms with Gasteiger partial charge < -0.3 is 15.2 Å². The minimum absolute atomic E-state index is 0.310. The summed E-state index contributed by atoms with van der Waals surface area (Å²) in [6.07, 6.45) is 2.06. The van der Waals surface area contributed by atoms with E-state index in [2.05, 4.69) is 6.26 Å². The minimum Gasteiger partial charge on any atom is -0.493 e. The number of methoxy groups -OCH3 is 1. The van der Waals surface area contributed by atoms with Crippen LogP contribution in [0.2, 0.25) is 0 Å². The van der Waals surface area contributed by atoms with Crippen molar-refractivity contribution in [3.05, 3.63) is 23.8 Å². The molecule has 0 aliphatic carbocycles. The highest BCUT2D eigenvalue weighted by Gasteiger charge is 2.11. The molecule has 0 unspecified atom stereocenters. The van der Waals surface area contributed by atoms with Crippen molar-refractivity contribution in [1.29, 1.82) is 0 Å². The number of thioether (sulfide) groups is 1. The fraction of sp³-hybridized carbons (Fsp3) is 0.500. The third-order valence-corrected chi connectivity index (χ3v) is 3.39. The smallest absolute Gasteiger partial charge is 0.161 e. The van der Waals surface area contributed by atoms with Crippen LogP contribution in [0, 0.1) is 0 Å². The van der Waals surface area contributed by atoms with Gasteiger partial charge in [0.2, 0.25) is 0 Å². The van der Waals surface area contributed by atoms with Crippen LogP contribution < -0.4 is 15.2 Å². The summed E-state index contributed by atoms with van der Waals surface area (Å²) in [5.74, 6) is 1.55. The Hall–Kier alpha value is -0.870. The fourth-order valence-corrected chi connectivity index (χ4v) is 2.14. The lowest BCUT2D eigenvalue weighted by molar-refractivity contribution is 0.310. The summed E-state index contributed by atoms with van der Waals surface area (Å²) in [7, 11) is 1.65. The van der Waals surface area contributed by atoms with Gasteiger partial charge in [0.05, 0.1) is 13.7 Å². The molecule has 4 heteroatoms. The lowest BCUT2D eigenvalue weighted by Crippen LogP contribution is -2.09. The van der Waals surface area contributed by atoms with E-state index in [1.807, 2.05) is 25.1 Å². The van der Waals surface area contributed by atoms with Crippen molar-refractivity contribution in [2.45, 2.75) is 12.2 Å². The van der Waals surface area contributed by atoms with E-state index in [4.69, 9.17) is 15.2 Å². The first-order chi connectivity index (χ1) is 7.76. The molecule has 0 spiro atoms. The Morgan fingerprint density at radius 1 is 1.38 bits per heavy atom. The number of rotatable bonds is 6. The van der Waals surface area contributed by atoms with Crippen molar-refractivity contribution in [2.75, 3.05) is 26.5 Å². The van der Waals surface area contributed by atoms with Crippen LogP contribution in [0.3, 0.4) is 0 Å². The van der Waals surface area contributed by atoms with Gasteiger partial charge in [-0.1, -0.05) is 6.07 Å². The van der Waals surface area contributed by atoms with Crippen LogP contribution in [-0.2, 0) is 0 Å². The maximum Gasteiger partial charge on any atom is 0.161 e. The van der Waals surface area contributed by atoms with Crippen molar-refractivity contribution in [2.24, 2.45) is 5.73 Å². The fourth-order valence-electron chi connectivity index (χ4n) is 1.53. The molecular weight excluding hydrogens is 222 g/mol. The third kappa shape index (κ3) is 3.06. The van der Waals surface area contributed by atoms with Gasteiger partial charge >= 0.3 is 0 Å². The molecule has 0 aliphatic heterocycles. The number of nitrogens with two attached hydrogens (primary N) is 1. The summed E-state index contributed by atoms with van der Waals surface area (Å²) >= 11 is 1.74. The van der Waals surface area contributed by atoms with Gasteiger partial charge in [-0.25, -0.2) is 0 Å². The van der Waals surface area contributed by atoms with E-state index < -0.39 is 0 Å². The summed E-state index contributed by atoms with van der Waals surface area (Å²) in [5, 5.41) is 0.310. The molecule has 0 fully saturated rings. The van der Waals surface area contributed by atoms with Crippen LogP contribution in [0.4, 0.5) is 0 Å². The maximum absolute atomic E-state index is 5.72. The molecule has 0 amide bonds. The van der Waals surface area contributed by atoms with Gasteiger partial charge in [-0.3, -0.25) is 0 Å². The molecule has 1 aromatic carbocycles. The average molecular weight is 241 g/mol. The Bertz CT molecular complexity index is 327. The predicted molar refractivity (Wildman–Crippen MR) is 69.5 cm³/mol. The molecule has 0 heterocycles. The number of ether oxygens (including phenoxy) is 2. The third-order valence-electron chi connectivity index (χ3n) is 2.36. The van der Waals surface area contributed by atoms with Crippen LogP contribution in [-0.4, -0.2) is 26.5 Å². The van der Waals surface area contributed by atoms with Crippen molar-refractivity contribution in [3.63, 3.8) is 0 Å². The Balaban J connectivity index is 3.00. The van der Waals surface area contributed by atoms with E-state index in [-0.39, 0.29) is 0 Å². The highest BCUT2D eigenvalue weighted by molar-refractivity contribution is 7.98. The highest BCUT2D eigenvalue weighted by atomic mass is 32.2. The molecule has 0 aliphatic rings. The highest BCUT2D eigenvalue weighted by Crippen LogP contribution is 2.33. The second kappa shape index (κ2) is 6.66. The topological polar surface area (TPSA) is 44.5 Å². The zero-order valence-electron chi connectivity index (χ0n) is 10.0. The van der Waals surface area contributed by atoms with Crippen LogP contribution >= 0.6 is 11.8 Å². The van der Waals surface area contributed by atoms with Crippen LogP contribution in [0.1, 0.15) is 17.7 Å². The van der Waals surface area contributed by atoms with Gasteiger partial charge in [-0.15, -0.1) is 0 Å². The van der Waals surface area contributed by atoms with Gasteiger partial charge in [-0.05, 0) is 30.9 Å². The Morgan fingerprint density at radius 2 is 2.12 bits per heavy atom. The minimum atomic E-state index is 0.310. The van der Waals surface area contributed by atoms with E-state index in [1.165, 1.54) is 5.56 Å². The molecule has 0 bridgehead atoms. The van der Waals surface area contributed by atoms with E-state index in [1.54, 1.807) is 18.9 Å². The normalized spacial score (nSPS) is 12.2. The largest absolute Gasteiger partial charge is 0.493 e.